The van der Waals surface area contributed by atoms with E-state index in [-0.39, 0.29) is 16.8 Å². The number of amides is 1. The van der Waals surface area contributed by atoms with Crippen LogP contribution in [0.15, 0.2) is 48.5 Å². The fourth-order valence-electron chi connectivity index (χ4n) is 3.54. The third-order valence-electron chi connectivity index (χ3n) is 4.95. The Morgan fingerprint density at radius 3 is 2.57 bits per heavy atom. The Balaban J connectivity index is 1.74. The summed E-state index contributed by atoms with van der Waals surface area (Å²) in [5, 5.41) is 18.7. The number of nitrogens with one attached hydrogen (secondary N) is 1. The van der Waals surface area contributed by atoms with Gasteiger partial charge in [-0.2, -0.15) is 5.10 Å². The number of carbonyl (C=O) groups excluding carboxylic acids is 2. The molecule has 0 atom stereocenters. The number of nitrogens with zero attached hydrogens (tertiary/aromatic N) is 3. The number of esters is 1. The van der Waals surface area contributed by atoms with E-state index in [4.69, 9.17) is 0 Å². The molecule has 0 radical (unpaired) electrons. The van der Waals surface area contributed by atoms with Gasteiger partial charge in [-0.05, 0) is 37.5 Å². The van der Waals surface area contributed by atoms with E-state index in [0.717, 1.165) is 48.3 Å². The lowest BCUT2D eigenvalue weighted by Gasteiger charge is -2.11. The van der Waals surface area contributed by atoms with E-state index in [9.17, 15) is 19.7 Å². The normalized spacial score (nSPS) is 12.3. The van der Waals surface area contributed by atoms with Crippen molar-refractivity contribution in [2.75, 3.05) is 12.4 Å². The molecule has 1 heterocycles. The molecule has 0 saturated carbocycles. The van der Waals surface area contributed by atoms with Crippen LogP contribution < -0.4 is 5.32 Å². The summed E-state index contributed by atoms with van der Waals surface area (Å²) < 4.78 is 6.31. The highest BCUT2D eigenvalue weighted by Crippen LogP contribution is 2.31. The molecule has 9 heteroatoms. The number of nitro groups is 1. The van der Waals surface area contributed by atoms with Crippen LogP contribution in [0, 0.1) is 10.1 Å². The summed E-state index contributed by atoms with van der Waals surface area (Å²) in [4.78, 5) is 35.5. The van der Waals surface area contributed by atoms with Crippen LogP contribution >= 0.6 is 0 Å². The Hall–Kier alpha value is -4.01. The Kier molecular flexibility index (Phi) is 5.01. The maximum atomic E-state index is 13.0. The second-order valence-electron chi connectivity index (χ2n) is 6.85. The molecule has 0 saturated heterocycles. The second kappa shape index (κ2) is 7.78. The van der Waals surface area contributed by atoms with E-state index in [1.165, 1.54) is 13.2 Å². The zero-order valence-electron chi connectivity index (χ0n) is 16.1. The molecule has 152 valence electrons. The molecule has 0 spiro atoms. The maximum Gasteiger partial charge on any atom is 0.338 e. The van der Waals surface area contributed by atoms with Gasteiger partial charge in [-0.15, -0.1) is 0 Å². The number of anilines is 1. The van der Waals surface area contributed by atoms with Gasteiger partial charge in [0.15, 0.2) is 0 Å². The van der Waals surface area contributed by atoms with Crippen LogP contribution in [-0.2, 0) is 17.6 Å². The van der Waals surface area contributed by atoms with Crippen LogP contribution in [-0.4, -0.2) is 33.7 Å². The minimum atomic E-state index is -0.761. The summed E-state index contributed by atoms with van der Waals surface area (Å²) in [7, 11) is 1.17. The smallest absolute Gasteiger partial charge is 0.338 e. The number of aromatic nitrogens is 2. The monoisotopic (exact) mass is 406 g/mol. The van der Waals surface area contributed by atoms with Gasteiger partial charge < -0.3 is 10.1 Å². The molecule has 30 heavy (non-hydrogen) atoms. The fraction of sp³-hybridized carbons (Fsp3) is 0.190. The highest BCUT2D eigenvalue weighted by atomic mass is 16.6. The topological polar surface area (TPSA) is 116 Å². The first-order chi connectivity index (χ1) is 14.5. The number of fused-ring (bicyclic) bond motifs is 1. The van der Waals surface area contributed by atoms with Crippen molar-refractivity contribution in [3.63, 3.8) is 0 Å². The van der Waals surface area contributed by atoms with E-state index in [2.05, 4.69) is 15.2 Å². The third-order valence-corrected chi connectivity index (χ3v) is 4.95. The molecule has 0 fully saturated rings. The molecule has 0 bridgehead atoms. The zero-order chi connectivity index (χ0) is 21.3. The van der Waals surface area contributed by atoms with Gasteiger partial charge in [0, 0.05) is 23.3 Å². The molecule has 1 aromatic heterocycles. The molecule has 3 aromatic rings. The Bertz CT molecular complexity index is 1150. The van der Waals surface area contributed by atoms with Crippen molar-refractivity contribution in [3.05, 3.63) is 81.0 Å². The molecule has 4 rings (SSSR count). The number of hydrogen-bond acceptors (Lipinski definition) is 6. The lowest BCUT2D eigenvalue weighted by Crippen LogP contribution is -2.17. The highest BCUT2D eigenvalue weighted by molar-refractivity contribution is 6.06. The van der Waals surface area contributed by atoms with Gasteiger partial charge in [0.2, 0.25) is 0 Å². The number of hydrogen-bond donors (Lipinski definition) is 1. The van der Waals surface area contributed by atoms with Gasteiger partial charge in [0.1, 0.15) is 5.82 Å². The SMILES string of the molecule is COC(=O)c1cc(C(=O)Nc2c3c(nn2-c2ccccc2)CCC3)cc([N+](=O)[O-])c1. The maximum absolute atomic E-state index is 13.0. The van der Waals surface area contributed by atoms with E-state index in [0.29, 0.717) is 5.82 Å². The van der Waals surface area contributed by atoms with E-state index < -0.39 is 16.8 Å². The molecular formula is C21H18N4O5. The third kappa shape index (κ3) is 3.52. The first-order valence-corrected chi connectivity index (χ1v) is 9.33. The number of nitro benzene ring substituents is 1. The van der Waals surface area contributed by atoms with Crippen LogP contribution in [0.1, 0.15) is 38.4 Å². The Morgan fingerprint density at radius 1 is 1.13 bits per heavy atom. The van der Waals surface area contributed by atoms with Gasteiger partial charge >= 0.3 is 5.97 Å². The van der Waals surface area contributed by atoms with Gasteiger partial charge in [0.05, 0.1) is 29.0 Å². The number of carbonyl (C=O) groups is 2. The summed E-state index contributed by atoms with van der Waals surface area (Å²) in [6.07, 6.45) is 2.54. The first-order valence-electron chi connectivity index (χ1n) is 9.33. The number of aryl methyl sites for hydroxylation is 1. The van der Waals surface area contributed by atoms with Crippen molar-refractivity contribution in [2.24, 2.45) is 0 Å². The number of non-ortho nitro benzene ring substituents is 1. The zero-order valence-corrected chi connectivity index (χ0v) is 16.1. The summed E-state index contributed by atoms with van der Waals surface area (Å²) in [6.45, 7) is 0. The van der Waals surface area contributed by atoms with E-state index in [1.807, 2.05) is 30.3 Å². The minimum absolute atomic E-state index is 0.0165. The number of methoxy groups -OCH3 is 1. The fourth-order valence-corrected chi connectivity index (χ4v) is 3.54. The number of rotatable bonds is 5. The standard InChI is InChI=1S/C21H18N4O5/c1-30-21(27)14-10-13(11-16(12-14)25(28)29)20(26)22-19-17-8-5-9-18(17)23-24(19)15-6-3-2-4-7-15/h2-4,6-7,10-12H,5,8-9H2,1H3,(H,22,26). The van der Waals surface area contributed by atoms with E-state index >= 15 is 0 Å². The summed E-state index contributed by atoms with van der Waals surface area (Å²) in [5.41, 5.74) is 2.20. The average molecular weight is 406 g/mol. The van der Waals surface area contributed by atoms with Crippen LogP contribution in [0.2, 0.25) is 0 Å². The number of para-hydroxylation sites is 1. The van der Waals surface area contributed by atoms with Crippen molar-refractivity contribution in [2.45, 2.75) is 19.3 Å². The molecule has 2 aromatic carbocycles. The van der Waals surface area contributed by atoms with Crippen LogP contribution in [0.25, 0.3) is 5.69 Å². The largest absolute Gasteiger partial charge is 0.465 e. The van der Waals surface area contributed by atoms with Gasteiger partial charge in [0.25, 0.3) is 11.6 Å². The summed E-state index contributed by atoms with van der Waals surface area (Å²) in [5.74, 6) is -0.802. The van der Waals surface area contributed by atoms with Crippen molar-refractivity contribution in [3.8, 4) is 5.69 Å². The molecule has 0 unspecified atom stereocenters. The predicted molar refractivity (Wildman–Crippen MR) is 108 cm³/mol. The molecule has 0 aliphatic heterocycles. The highest BCUT2D eigenvalue weighted by Gasteiger charge is 2.25. The quantitative estimate of drug-likeness (QED) is 0.395. The van der Waals surface area contributed by atoms with Crippen LogP contribution in [0.3, 0.4) is 0 Å². The van der Waals surface area contributed by atoms with Crippen LogP contribution in [0.5, 0.6) is 0 Å². The Labute approximate surface area is 171 Å². The van der Waals surface area contributed by atoms with Gasteiger partial charge in [-0.25, -0.2) is 9.48 Å². The molecule has 1 N–H and O–H groups in total. The second-order valence-corrected chi connectivity index (χ2v) is 6.85. The van der Waals surface area contributed by atoms with Crippen molar-refractivity contribution < 1.29 is 19.2 Å². The van der Waals surface area contributed by atoms with E-state index in [1.54, 1.807) is 4.68 Å². The predicted octanol–water partition coefficient (Wildman–Crippen LogP) is 3.31. The number of benzene rings is 2. The van der Waals surface area contributed by atoms with Gasteiger partial charge in [-0.3, -0.25) is 14.9 Å². The molecular weight excluding hydrogens is 388 g/mol. The van der Waals surface area contributed by atoms with Crippen molar-refractivity contribution in [1.29, 1.82) is 0 Å². The first kappa shape index (κ1) is 19.3. The van der Waals surface area contributed by atoms with Gasteiger partial charge in [-0.1, -0.05) is 18.2 Å². The molecule has 1 aliphatic rings. The molecule has 1 aliphatic carbocycles. The molecule has 9 nitrogen and oxygen atoms in total. The lowest BCUT2D eigenvalue weighted by molar-refractivity contribution is -0.384. The Morgan fingerprint density at radius 2 is 1.87 bits per heavy atom. The van der Waals surface area contributed by atoms with Crippen LogP contribution in [0.4, 0.5) is 11.5 Å². The lowest BCUT2D eigenvalue weighted by atomic mass is 10.1. The van der Waals surface area contributed by atoms with Crippen molar-refractivity contribution >= 4 is 23.4 Å². The summed E-state index contributed by atoms with van der Waals surface area (Å²) in [6, 6.07) is 12.9. The van der Waals surface area contributed by atoms with Crippen molar-refractivity contribution in [1.82, 2.24) is 9.78 Å². The molecule has 1 amide bonds. The average Bonchev–Trinajstić information content (AvgIpc) is 3.36. The number of ether oxygens (including phenoxy) is 1. The minimum Gasteiger partial charge on any atom is -0.465 e. The summed E-state index contributed by atoms with van der Waals surface area (Å²) >= 11 is 0.